The molecular formula is C16H19FN2O2. The summed E-state index contributed by atoms with van der Waals surface area (Å²) in [6, 6.07) is 6.14. The molecule has 1 aliphatic rings. The third-order valence-corrected chi connectivity index (χ3v) is 3.24. The van der Waals surface area contributed by atoms with E-state index in [0.717, 1.165) is 29.9 Å². The fourth-order valence-corrected chi connectivity index (χ4v) is 2.44. The SMILES string of the molecule is CC1(C)CC(Nc2ccc(F)cc2)=CC(=NCC(=O)O)C1. The molecular weight excluding hydrogens is 271 g/mol. The fraction of sp³-hybridized carbons (Fsp3) is 0.375. The Hall–Kier alpha value is -2.17. The van der Waals surface area contributed by atoms with E-state index in [1.54, 1.807) is 12.1 Å². The molecule has 112 valence electrons. The number of hydrogen-bond acceptors (Lipinski definition) is 3. The Balaban J connectivity index is 2.17. The van der Waals surface area contributed by atoms with Crippen molar-refractivity contribution in [3.05, 3.63) is 41.9 Å². The van der Waals surface area contributed by atoms with Crippen molar-refractivity contribution in [1.29, 1.82) is 0 Å². The highest BCUT2D eigenvalue weighted by molar-refractivity contribution is 5.98. The van der Waals surface area contributed by atoms with Gasteiger partial charge in [0.25, 0.3) is 0 Å². The number of nitrogens with zero attached hydrogens (tertiary/aromatic N) is 1. The van der Waals surface area contributed by atoms with Gasteiger partial charge >= 0.3 is 5.97 Å². The number of rotatable bonds is 4. The van der Waals surface area contributed by atoms with Crippen molar-refractivity contribution in [3.63, 3.8) is 0 Å². The lowest BCUT2D eigenvalue weighted by Gasteiger charge is -2.31. The minimum Gasteiger partial charge on any atom is -0.480 e. The van der Waals surface area contributed by atoms with Gasteiger partial charge in [-0.2, -0.15) is 0 Å². The maximum absolute atomic E-state index is 12.9. The number of aliphatic carboxylic acids is 1. The smallest absolute Gasteiger partial charge is 0.325 e. The van der Waals surface area contributed by atoms with Crippen LogP contribution in [0.2, 0.25) is 0 Å². The summed E-state index contributed by atoms with van der Waals surface area (Å²) in [5, 5.41) is 12.0. The number of anilines is 1. The predicted octanol–water partition coefficient (Wildman–Crippen LogP) is 3.47. The summed E-state index contributed by atoms with van der Waals surface area (Å²) in [6.07, 6.45) is 3.46. The van der Waals surface area contributed by atoms with Crippen LogP contribution in [0.1, 0.15) is 26.7 Å². The van der Waals surface area contributed by atoms with Gasteiger partial charge in [-0.05, 0) is 48.6 Å². The second kappa shape index (κ2) is 6.08. The van der Waals surface area contributed by atoms with Crippen molar-refractivity contribution in [3.8, 4) is 0 Å². The zero-order chi connectivity index (χ0) is 15.5. The fourth-order valence-electron chi connectivity index (χ4n) is 2.44. The van der Waals surface area contributed by atoms with E-state index in [4.69, 9.17) is 5.11 Å². The highest BCUT2D eigenvalue weighted by Gasteiger charge is 2.26. The molecule has 0 radical (unpaired) electrons. The van der Waals surface area contributed by atoms with Gasteiger partial charge in [-0.1, -0.05) is 13.8 Å². The predicted molar refractivity (Wildman–Crippen MR) is 81.1 cm³/mol. The third-order valence-electron chi connectivity index (χ3n) is 3.24. The van der Waals surface area contributed by atoms with Gasteiger partial charge in [-0.3, -0.25) is 9.79 Å². The summed E-state index contributed by atoms with van der Waals surface area (Å²) in [7, 11) is 0. The van der Waals surface area contributed by atoms with Gasteiger partial charge in [0.2, 0.25) is 0 Å². The molecule has 2 N–H and O–H groups in total. The van der Waals surface area contributed by atoms with Crippen LogP contribution in [0.15, 0.2) is 41.0 Å². The van der Waals surface area contributed by atoms with Crippen LogP contribution in [0.5, 0.6) is 0 Å². The average molecular weight is 290 g/mol. The second-order valence-electron chi connectivity index (χ2n) is 6.02. The highest BCUT2D eigenvalue weighted by Crippen LogP contribution is 2.34. The first-order valence-corrected chi connectivity index (χ1v) is 6.82. The minimum atomic E-state index is -0.938. The van der Waals surface area contributed by atoms with Crippen LogP contribution in [-0.4, -0.2) is 23.3 Å². The molecule has 0 spiro atoms. The molecule has 2 rings (SSSR count). The molecule has 0 amide bonds. The normalized spacial score (nSPS) is 19.2. The van der Waals surface area contributed by atoms with Crippen LogP contribution in [0.3, 0.4) is 0 Å². The Bertz CT molecular complexity index is 589. The summed E-state index contributed by atoms with van der Waals surface area (Å²) in [4.78, 5) is 14.8. The summed E-state index contributed by atoms with van der Waals surface area (Å²) in [5.41, 5.74) is 2.55. The largest absolute Gasteiger partial charge is 0.480 e. The van der Waals surface area contributed by atoms with E-state index in [-0.39, 0.29) is 17.8 Å². The first-order chi connectivity index (χ1) is 9.84. The van der Waals surface area contributed by atoms with Gasteiger partial charge in [0.1, 0.15) is 12.4 Å². The maximum atomic E-state index is 12.9. The van der Waals surface area contributed by atoms with Crippen LogP contribution in [0.4, 0.5) is 10.1 Å². The van der Waals surface area contributed by atoms with Gasteiger partial charge in [0.05, 0.1) is 0 Å². The lowest BCUT2D eigenvalue weighted by atomic mass is 9.78. The Labute approximate surface area is 123 Å². The number of nitrogens with one attached hydrogen (secondary N) is 1. The second-order valence-corrected chi connectivity index (χ2v) is 6.02. The molecule has 0 fully saturated rings. The Morgan fingerprint density at radius 2 is 2.00 bits per heavy atom. The summed E-state index contributed by atoms with van der Waals surface area (Å²) in [5.74, 6) is -1.21. The van der Waals surface area contributed by atoms with Crippen molar-refractivity contribution >= 4 is 17.4 Å². The summed E-state index contributed by atoms with van der Waals surface area (Å²) < 4.78 is 12.9. The monoisotopic (exact) mass is 290 g/mol. The number of carbonyl (C=O) groups is 1. The van der Waals surface area contributed by atoms with E-state index in [1.807, 2.05) is 6.08 Å². The number of allylic oxidation sites excluding steroid dienone is 2. The Morgan fingerprint density at radius 1 is 1.33 bits per heavy atom. The average Bonchev–Trinajstić information content (AvgIpc) is 2.37. The van der Waals surface area contributed by atoms with E-state index >= 15 is 0 Å². The molecule has 1 aliphatic carbocycles. The topological polar surface area (TPSA) is 61.7 Å². The highest BCUT2D eigenvalue weighted by atomic mass is 19.1. The zero-order valence-corrected chi connectivity index (χ0v) is 12.2. The number of carboxylic acid groups (broad SMARTS) is 1. The zero-order valence-electron chi connectivity index (χ0n) is 12.2. The van der Waals surface area contributed by atoms with Crippen LogP contribution < -0.4 is 5.32 Å². The van der Waals surface area contributed by atoms with Gasteiger partial charge in [0, 0.05) is 17.1 Å². The first kappa shape index (κ1) is 15.2. The number of benzene rings is 1. The van der Waals surface area contributed by atoms with Crippen molar-refractivity contribution in [1.82, 2.24) is 0 Å². The van der Waals surface area contributed by atoms with Crippen LogP contribution in [-0.2, 0) is 4.79 Å². The molecule has 0 atom stereocenters. The molecule has 0 saturated carbocycles. The maximum Gasteiger partial charge on any atom is 0.325 e. The summed E-state index contributed by atoms with van der Waals surface area (Å²) >= 11 is 0. The molecule has 0 bridgehead atoms. The van der Waals surface area contributed by atoms with Crippen molar-refractivity contribution in [2.75, 3.05) is 11.9 Å². The molecule has 1 aromatic carbocycles. The van der Waals surface area contributed by atoms with Gasteiger partial charge in [-0.15, -0.1) is 0 Å². The molecule has 1 aromatic rings. The quantitative estimate of drug-likeness (QED) is 0.892. The van der Waals surface area contributed by atoms with E-state index in [0.29, 0.717) is 0 Å². The minimum absolute atomic E-state index is 0.00838. The lowest BCUT2D eigenvalue weighted by Crippen LogP contribution is -2.25. The molecule has 5 heteroatoms. The van der Waals surface area contributed by atoms with Crippen molar-refractivity contribution < 1.29 is 14.3 Å². The Morgan fingerprint density at radius 3 is 2.62 bits per heavy atom. The third kappa shape index (κ3) is 4.70. The molecule has 0 saturated heterocycles. The van der Waals surface area contributed by atoms with Crippen molar-refractivity contribution in [2.45, 2.75) is 26.7 Å². The van der Waals surface area contributed by atoms with Gasteiger partial charge < -0.3 is 10.4 Å². The number of halogens is 1. The van der Waals surface area contributed by atoms with E-state index in [9.17, 15) is 9.18 Å². The van der Waals surface area contributed by atoms with Crippen LogP contribution >= 0.6 is 0 Å². The van der Waals surface area contributed by atoms with Crippen LogP contribution in [0, 0.1) is 11.2 Å². The number of carboxylic acids is 1. The lowest BCUT2D eigenvalue weighted by molar-refractivity contribution is -0.135. The van der Waals surface area contributed by atoms with Crippen LogP contribution in [0.25, 0.3) is 0 Å². The van der Waals surface area contributed by atoms with Gasteiger partial charge in [-0.25, -0.2) is 4.39 Å². The van der Waals surface area contributed by atoms with E-state index in [2.05, 4.69) is 24.2 Å². The molecule has 0 aromatic heterocycles. The van der Waals surface area contributed by atoms with E-state index < -0.39 is 5.97 Å². The van der Waals surface area contributed by atoms with Gasteiger partial charge in [0.15, 0.2) is 0 Å². The first-order valence-electron chi connectivity index (χ1n) is 6.82. The molecule has 21 heavy (non-hydrogen) atoms. The van der Waals surface area contributed by atoms with Crippen molar-refractivity contribution in [2.24, 2.45) is 10.4 Å². The number of hydrogen-bond donors (Lipinski definition) is 2. The standard InChI is InChI=1S/C16H19FN2O2/c1-16(2)8-13(18-10-15(20)21)7-14(9-16)19-12-5-3-11(17)4-6-12/h3-7,19H,8-10H2,1-2H3,(H,20,21). The molecule has 0 unspecified atom stereocenters. The molecule has 4 nitrogen and oxygen atoms in total. The summed E-state index contributed by atoms with van der Waals surface area (Å²) in [6.45, 7) is 4.01. The molecule has 0 aliphatic heterocycles. The molecule has 0 heterocycles. The number of aliphatic imine (C=N–C) groups is 1. The van der Waals surface area contributed by atoms with E-state index in [1.165, 1.54) is 12.1 Å². The Kier molecular flexibility index (Phi) is 4.40.